The number of benzene rings is 1. The van der Waals surface area contributed by atoms with E-state index in [1.807, 2.05) is 0 Å². The molecule has 0 saturated heterocycles. The van der Waals surface area contributed by atoms with Gasteiger partial charge in [0.1, 0.15) is 11.5 Å². The van der Waals surface area contributed by atoms with Gasteiger partial charge in [-0.25, -0.2) is 4.79 Å². The van der Waals surface area contributed by atoms with E-state index < -0.39 is 11.9 Å². The molecular formula is C12H15ClN2O4. The first-order valence-corrected chi connectivity index (χ1v) is 6.03. The molecule has 0 atom stereocenters. The van der Waals surface area contributed by atoms with Crippen LogP contribution >= 0.6 is 11.6 Å². The van der Waals surface area contributed by atoms with E-state index in [-0.39, 0.29) is 12.3 Å². The molecular weight excluding hydrogens is 272 g/mol. The quantitative estimate of drug-likeness (QED) is 0.812. The highest BCUT2D eigenvalue weighted by atomic mass is 35.5. The zero-order valence-corrected chi connectivity index (χ0v) is 11.4. The Labute approximate surface area is 116 Å². The summed E-state index contributed by atoms with van der Waals surface area (Å²) in [4.78, 5) is 22.8. The summed E-state index contributed by atoms with van der Waals surface area (Å²) in [6, 6.07) is 4.28. The Morgan fingerprint density at radius 1 is 1.26 bits per heavy atom. The normalized spacial score (nSPS) is 9.63. The van der Waals surface area contributed by atoms with Crippen LogP contribution in [0.15, 0.2) is 18.2 Å². The second-order valence-corrected chi connectivity index (χ2v) is 3.89. The van der Waals surface area contributed by atoms with Crippen LogP contribution in [0.4, 0.5) is 10.5 Å². The average Bonchev–Trinajstić information content (AvgIpc) is 2.38. The summed E-state index contributed by atoms with van der Waals surface area (Å²) >= 11 is 5.40. The van der Waals surface area contributed by atoms with Gasteiger partial charge in [-0.1, -0.05) is 0 Å². The van der Waals surface area contributed by atoms with Gasteiger partial charge in [-0.2, -0.15) is 0 Å². The van der Waals surface area contributed by atoms with Crippen LogP contribution in [0.25, 0.3) is 0 Å². The summed E-state index contributed by atoms with van der Waals surface area (Å²) in [5.74, 6) is 0.722. The minimum atomic E-state index is -0.651. The highest BCUT2D eigenvalue weighted by molar-refractivity contribution is 6.19. The number of imide groups is 1. The molecule has 2 N–H and O–H groups in total. The SMILES string of the molecule is COc1ccc(OC)c(NC(=O)NC(=O)CCCl)c1. The van der Waals surface area contributed by atoms with E-state index in [0.717, 1.165) is 0 Å². The first-order chi connectivity index (χ1) is 9.10. The molecule has 0 radical (unpaired) electrons. The van der Waals surface area contributed by atoms with Gasteiger partial charge in [-0.15, -0.1) is 11.6 Å². The molecule has 104 valence electrons. The van der Waals surface area contributed by atoms with Crippen LogP contribution in [0.1, 0.15) is 6.42 Å². The van der Waals surface area contributed by atoms with Gasteiger partial charge in [0.15, 0.2) is 0 Å². The van der Waals surface area contributed by atoms with Crippen molar-refractivity contribution in [3.05, 3.63) is 18.2 Å². The maximum absolute atomic E-state index is 11.6. The summed E-state index contributed by atoms with van der Waals surface area (Å²) < 4.78 is 10.1. The summed E-state index contributed by atoms with van der Waals surface area (Å²) in [5, 5.41) is 4.65. The van der Waals surface area contributed by atoms with Gasteiger partial charge in [-0.05, 0) is 12.1 Å². The molecule has 19 heavy (non-hydrogen) atoms. The molecule has 1 aromatic rings. The Morgan fingerprint density at radius 3 is 2.58 bits per heavy atom. The van der Waals surface area contributed by atoms with E-state index in [1.54, 1.807) is 18.2 Å². The fourth-order valence-electron chi connectivity index (χ4n) is 1.34. The predicted octanol–water partition coefficient (Wildman–Crippen LogP) is 1.98. The Bertz CT molecular complexity index is 465. The topological polar surface area (TPSA) is 76.7 Å². The van der Waals surface area contributed by atoms with Crippen molar-refractivity contribution in [2.24, 2.45) is 0 Å². The molecule has 0 aliphatic rings. The molecule has 0 unspecified atom stereocenters. The molecule has 6 nitrogen and oxygen atoms in total. The average molecular weight is 287 g/mol. The number of carbonyl (C=O) groups excluding carboxylic acids is 2. The second-order valence-electron chi connectivity index (χ2n) is 3.51. The lowest BCUT2D eigenvalue weighted by atomic mass is 10.2. The van der Waals surface area contributed by atoms with Crippen molar-refractivity contribution in [1.29, 1.82) is 0 Å². The largest absolute Gasteiger partial charge is 0.497 e. The lowest BCUT2D eigenvalue weighted by Gasteiger charge is -2.11. The van der Waals surface area contributed by atoms with Crippen molar-refractivity contribution >= 4 is 29.2 Å². The molecule has 0 bridgehead atoms. The molecule has 0 saturated carbocycles. The third-order valence-electron chi connectivity index (χ3n) is 2.23. The van der Waals surface area contributed by atoms with E-state index in [0.29, 0.717) is 17.2 Å². The fraction of sp³-hybridized carbons (Fsp3) is 0.333. The summed E-state index contributed by atoms with van der Waals surface area (Å²) in [5.41, 5.74) is 0.401. The van der Waals surface area contributed by atoms with Crippen LogP contribution in [-0.2, 0) is 4.79 Å². The number of hydrogen-bond donors (Lipinski definition) is 2. The van der Waals surface area contributed by atoms with Crippen molar-refractivity contribution in [2.75, 3.05) is 25.4 Å². The number of rotatable bonds is 5. The third kappa shape index (κ3) is 4.67. The van der Waals surface area contributed by atoms with E-state index in [9.17, 15) is 9.59 Å². The number of carbonyl (C=O) groups is 2. The maximum Gasteiger partial charge on any atom is 0.325 e. The van der Waals surface area contributed by atoms with Crippen LogP contribution in [-0.4, -0.2) is 32.0 Å². The van der Waals surface area contributed by atoms with Crippen molar-refractivity contribution in [3.63, 3.8) is 0 Å². The van der Waals surface area contributed by atoms with Gasteiger partial charge in [0.05, 0.1) is 19.9 Å². The number of urea groups is 1. The predicted molar refractivity (Wildman–Crippen MR) is 72.0 cm³/mol. The van der Waals surface area contributed by atoms with Crippen LogP contribution < -0.4 is 20.1 Å². The number of amides is 3. The van der Waals surface area contributed by atoms with E-state index in [2.05, 4.69) is 10.6 Å². The Kier molecular flexibility index (Phi) is 5.95. The second kappa shape index (κ2) is 7.48. The minimum absolute atomic E-state index is 0.0736. The Balaban J connectivity index is 2.74. The highest BCUT2D eigenvalue weighted by Crippen LogP contribution is 2.28. The molecule has 0 aromatic heterocycles. The summed E-state index contributed by atoms with van der Waals surface area (Å²) in [6.45, 7) is 0. The Hall–Kier alpha value is -1.95. The zero-order valence-electron chi connectivity index (χ0n) is 10.7. The van der Waals surface area contributed by atoms with Crippen LogP contribution in [0.3, 0.4) is 0 Å². The lowest BCUT2D eigenvalue weighted by molar-refractivity contribution is -0.119. The van der Waals surface area contributed by atoms with Gasteiger partial charge in [0.2, 0.25) is 5.91 Å². The summed E-state index contributed by atoms with van der Waals surface area (Å²) in [7, 11) is 2.99. The van der Waals surface area contributed by atoms with Crippen molar-refractivity contribution < 1.29 is 19.1 Å². The molecule has 1 rings (SSSR count). The van der Waals surface area contributed by atoms with Gasteiger partial charge >= 0.3 is 6.03 Å². The van der Waals surface area contributed by atoms with Gasteiger partial charge in [0.25, 0.3) is 0 Å². The number of alkyl halides is 1. The van der Waals surface area contributed by atoms with Gasteiger partial charge in [0, 0.05) is 18.4 Å². The fourth-order valence-corrected chi connectivity index (χ4v) is 1.51. The molecule has 0 fully saturated rings. The zero-order chi connectivity index (χ0) is 14.3. The molecule has 3 amide bonds. The number of nitrogens with one attached hydrogen (secondary N) is 2. The van der Waals surface area contributed by atoms with Crippen molar-refractivity contribution in [2.45, 2.75) is 6.42 Å². The van der Waals surface area contributed by atoms with Crippen LogP contribution in [0.2, 0.25) is 0 Å². The number of halogens is 1. The maximum atomic E-state index is 11.6. The van der Waals surface area contributed by atoms with E-state index in [4.69, 9.17) is 21.1 Å². The summed E-state index contributed by atoms with van der Waals surface area (Å²) in [6.07, 6.45) is 0.0736. The number of ether oxygens (including phenoxy) is 2. The van der Waals surface area contributed by atoms with Crippen molar-refractivity contribution in [1.82, 2.24) is 5.32 Å². The molecule has 0 heterocycles. The standard InChI is InChI=1S/C12H15ClN2O4/c1-18-8-3-4-10(19-2)9(7-8)14-12(17)15-11(16)5-6-13/h3-4,7H,5-6H2,1-2H3,(H2,14,15,16,17). The molecule has 0 aliphatic heterocycles. The van der Waals surface area contributed by atoms with Crippen molar-refractivity contribution in [3.8, 4) is 11.5 Å². The van der Waals surface area contributed by atoms with Crippen LogP contribution in [0, 0.1) is 0 Å². The highest BCUT2D eigenvalue weighted by Gasteiger charge is 2.11. The number of anilines is 1. The van der Waals surface area contributed by atoms with Gasteiger partial charge in [-0.3, -0.25) is 10.1 Å². The third-order valence-corrected chi connectivity index (χ3v) is 2.42. The molecule has 0 spiro atoms. The smallest absolute Gasteiger partial charge is 0.325 e. The molecule has 7 heteroatoms. The number of methoxy groups -OCH3 is 2. The molecule has 0 aliphatic carbocycles. The first kappa shape index (κ1) is 15.1. The molecule has 1 aromatic carbocycles. The lowest BCUT2D eigenvalue weighted by Crippen LogP contribution is -2.34. The van der Waals surface area contributed by atoms with E-state index >= 15 is 0 Å². The van der Waals surface area contributed by atoms with Gasteiger partial charge < -0.3 is 14.8 Å². The number of hydrogen-bond acceptors (Lipinski definition) is 4. The Morgan fingerprint density at radius 2 is 2.00 bits per heavy atom. The van der Waals surface area contributed by atoms with Crippen LogP contribution in [0.5, 0.6) is 11.5 Å². The monoisotopic (exact) mass is 286 g/mol. The first-order valence-electron chi connectivity index (χ1n) is 5.49. The minimum Gasteiger partial charge on any atom is -0.497 e. The van der Waals surface area contributed by atoms with E-state index in [1.165, 1.54) is 14.2 Å².